The Labute approximate surface area is 96.7 Å². The summed E-state index contributed by atoms with van der Waals surface area (Å²) in [6.07, 6.45) is -2.74. The van der Waals surface area contributed by atoms with Crippen LogP contribution >= 0.6 is 0 Å². The minimum Gasteiger partial charge on any atom is -0.368 e. The molecule has 1 aromatic heterocycles. The predicted molar refractivity (Wildman–Crippen MR) is 56.1 cm³/mol. The molecule has 1 unspecified atom stereocenters. The molecule has 1 aliphatic rings. The van der Waals surface area contributed by atoms with Crippen LogP contribution in [0.15, 0.2) is 6.07 Å². The number of nitrogen functional groups attached to an aromatic ring is 1. The molecule has 2 N–H and O–H groups in total. The number of aromatic nitrogens is 2. The van der Waals surface area contributed by atoms with E-state index in [1.54, 1.807) is 0 Å². The van der Waals surface area contributed by atoms with Gasteiger partial charge >= 0.3 is 6.18 Å². The molecule has 2 rings (SSSR count). The zero-order chi connectivity index (χ0) is 12.6. The van der Waals surface area contributed by atoms with Gasteiger partial charge in [0, 0.05) is 0 Å². The van der Waals surface area contributed by atoms with Crippen LogP contribution in [0.4, 0.5) is 19.1 Å². The van der Waals surface area contributed by atoms with Crippen LogP contribution in [0.2, 0.25) is 0 Å². The maximum atomic E-state index is 12.6. The van der Waals surface area contributed by atoms with Gasteiger partial charge in [0.05, 0.1) is 11.7 Å². The first-order valence-electron chi connectivity index (χ1n) is 5.30. The van der Waals surface area contributed by atoms with Crippen molar-refractivity contribution in [1.29, 1.82) is 0 Å². The van der Waals surface area contributed by atoms with Crippen LogP contribution in [-0.2, 0) is 6.18 Å². The molecule has 0 aromatic carbocycles. The smallest absolute Gasteiger partial charge is 0.368 e. The summed E-state index contributed by atoms with van der Waals surface area (Å²) in [5.74, 6) is -0.324. The largest absolute Gasteiger partial charge is 0.433 e. The second kappa shape index (κ2) is 4.14. The van der Waals surface area contributed by atoms with Gasteiger partial charge in [-0.3, -0.25) is 4.90 Å². The highest BCUT2D eigenvalue weighted by Gasteiger charge is 2.35. The van der Waals surface area contributed by atoms with Crippen molar-refractivity contribution >= 4 is 5.95 Å². The third-order valence-corrected chi connectivity index (χ3v) is 2.92. The zero-order valence-corrected chi connectivity index (χ0v) is 9.33. The number of anilines is 1. The molecule has 0 amide bonds. The van der Waals surface area contributed by atoms with E-state index < -0.39 is 11.9 Å². The summed E-state index contributed by atoms with van der Waals surface area (Å²) in [5.41, 5.74) is 4.71. The van der Waals surface area contributed by atoms with Crippen molar-refractivity contribution in [1.82, 2.24) is 14.9 Å². The molecule has 0 bridgehead atoms. The van der Waals surface area contributed by atoms with Gasteiger partial charge in [-0.25, -0.2) is 9.97 Å². The maximum absolute atomic E-state index is 12.6. The van der Waals surface area contributed by atoms with Crippen molar-refractivity contribution in [2.24, 2.45) is 0 Å². The van der Waals surface area contributed by atoms with Gasteiger partial charge < -0.3 is 5.73 Å². The Morgan fingerprint density at radius 3 is 2.65 bits per heavy atom. The van der Waals surface area contributed by atoms with Crippen LogP contribution in [0.25, 0.3) is 0 Å². The normalized spacial score (nSPS) is 22.0. The molecule has 2 heterocycles. The van der Waals surface area contributed by atoms with Crippen molar-refractivity contribution in [2.45, 2.75) is 25.1 Å². The van der Waals surface area contributed by atoms with Crippen LogP contribution in [0.5, 0.6) is 0 Å². The summed E-state index contributed by atoms with van der Waals surface area (Å²) in [6, 6.07) is 0.893. The topological polar surface area (TPSA) is 55.0 Å². The molecule has 17 heavy (non-hydrogen) atoms. The molecule has 1 aliphatic heterocycles. The third-order valence-electron chi connectivity index (χ3n) is 2.92. The highest BCUT2D eigenvalue weighted by atomic mass is 19.4. The summed E-state index contributed by atoms with van der Waals surface area (Å²) in [6.45, 7) is 0.857. The SMILES string of the molecule is CN1CCCC1c1cc(C(F)(F)F)nc(N)n1. The molecule has 0 aliphatic carbocycles. The molecule has 7 heteroatoms. The highest BCUT2D eigenvalue weighted by molar-refractivity contribution is 5.26. The number of hydrogen-bond acceptors (Lipinski definition) is 4. The van der Waals surface area contributed by atoms with Crippen LogP contribution in [0.1, 0.15) is 30.3 Å². The van der Waals surface area contributed by atoms with Gasteiger partial charge in [-0.15, -0.1) is 0 Å². The minimum atomic E-state index is -4.48. The van der Waals surface area contributed by atoms with E-state index in [0.29, 0.717) is 5.69 Å². The fourth-order valence-electron chi connectivity index (χ4n) is 2.09. The van der Waals surface area contributed by atoms with E-state index in [2.05, 4.69) is 9.97 Å². The number of alkyl halides is 3. The van der Waals surface area contributed by atoms with E-state index >= 15 is 0 Å². The average Bonchev–Trinajstić information content (AvgIpc) is 2.62. The van der Waals surface area contributed by atoms with Gasteiger partial charge in [0.2, 0.25) is 5.95 Å². The lowest BCUT2D eigenvalue weighted by atomic mass is 10.1. The van der Waals surface area contributed by atoms with Gasteiger partial charge in [0.15, 0.2) is 0 Å². The molecule has 0 saturated carbocycles. The lowest BCUT2D eigenvalue weighted by Crippen LogP contribution is -2.21. The van der Waals surface area contributed by atoms with Crippen LogP contribution in [0, 0.1) is 0 Å². The molecule has 94 valence electrons. The number of hydrogen-bond donors (Lipinski definition) is 1. The van der Waals surface area contributed by atoms with Gasteiger partial charge in [-0.2, -0.15) is 13.2 Å². The van der Waals surface area contributed by atoms with Gasteiger partial charge in [0.25, 0.3) is 0 Å². The van der Waals surface area contributed by atoms with E-state index in [0.717, 1.165) is 25.5 Å². The number of halogens is 3. The van der Waals surface area contributed by atoms with E-state index in [4.69, 9.17) is 5.73 Å². The van der Waals surface area contributed by atoms with Crippen molar-refractivity contribution < 1.29 is 13.2 Å². The molecular formula is C10H13F3N4. The maximum Gasteiger partial charge on any atom is 0.433 e. The monoisotopic (exact) mass is 246 g/mol. The second-order valence-corrected chi connectivity index (χ2v) is 4.17. The van der Waals surface area contributed by atoms with Crippen molar-refractivity contribution in [3.8, 4) is 0 Å². The van der Waals surface area contributed by atoms with Crippen LogP contribution in [0.3, 0.4) is 0 Å². The zero-order valence-electron chi connectivity index (χ0n) is 9.33. The molecule has 1 fully saturated rings. The number of nitrogens with zero attached hydrogens (tertiary/aromatic N) is 3. The van der Waals surface area contributed by atoms with Crippen LogP contribution < -0.4 is 5.73 Å². The fraction of sp³-hybridized carbons (Fsp3) is 0.600. The number of rotatable bonds is 1. The molecule has 4 nitrogen and oxygen atoms in total. The second-order valence-electron chi connectivity index (χ2n) is 4.17. The van der Waals surface area contributed by atoms with Crippen molar-refractivity contribution in [3.63, 3.8) is 0 Å². The third kappa shape index (κ3) is 2.49. The summed E-state index contributed by atoms with van der Waals surface area (Å²) in [5, 5.41) is 0. The molecule has 0 radical (unpaired) electrons. The Balaban J connectivity index is 2.38. The molecule has 0 spiro atoms. The fourth-order valence-corrected chi connectivity index (χ4v) is 2.09. The van der Waals surface area contributed by atoms with Crippen molar-refractivity contribution in [3.05, 3.63) is 17.5 Å². The van der Waals surface area contributed by atoms with Gasteiger partial charge in [-0.05, 0) is 32.5 Å². The standard InChI is InChI=1S/C10H13F3N4/c1-17-4-2-3-7(17)6-5-8(10(11,12)13)16-9(14)15-6/h5,7H,2-4H2,1H3,(H2,14,15,16). The van der Waals surface area contributed by atoms with Crippen LogP contribution in [-0.4, -0.2) is 28.5 Å². The molecule has 1 saturated heterocycles. The number of likely N-dealkylation sites (tertiary alicyclic amines) is 1. The first-order chi connectivity index (χ1) is 7.88. The van der Waals surface area contributed by atoms with Gasteiger partial charge in [0.1, 0.15) is 5.69 Å². The minimum absolute atomic E-state index is 0.0959. The Kier molecular flexibility index (Phi) is 2.94. The highest BCUT2D eigenvalue weighted by Crippen LogP contribution is 2.33. The predicted octanol–water partition coefficient (Wildman–Crippen LogP) is 1.84. The van der Waals surface area contributed by atoms with Crippen molar-refractivity contribution in [2.75, 3.05) is 19.3 Å². The lowest BCUT2D eigenvalue weighted by molar-refractivity contribution is -0.141. The molecule has 1 atom stereocenters. The summed E-state index contributed by atoms with van der Waals surface area (Å²) in [7, 11) is 1.86. The molecular weight excluding hydrogens is 233 g/mol. The Hall–Kier alpha value is -1.37. The van der Waals surface area contributed by atoms with E-state index in [1.165, 1.54) is 0 Å². The lowest BCUT2D eigenvalue weighted by Gasteiger charge is -2.19. The summed E-state index contributed by atoms with van der Waals surface area (Å²) < 4.78 is 37.7. The Morgan fingerprint density at radius 1 is 1.41 bits per heavy atom. The summed E-state index contributed by atoms with van der Waals surface area (Å²) >= 11 is 0. The van der Waals surface area contributed by atoms with E-state index in [1.807, 2.05) is 11.9 Å². The van der Waals surface area contributed by atoms with Gasteiger partial charge in [-0.1, -0.05) is 0 Å². The molecule has 1 aromatic rings. The van der Waals surface area contributed by atoms with E-state index in [9.17, 15) is 13.2 Å². The Morgan fingerprint density at radius 2 is 2.12 bits per heavy atom. The number of nitrogens with two attached hydrogens (primary N) is 1. The Bertz CT molecular complexity index is 419. The first kappa shape index (κ1) is 12.1. The quantitative estimate of drug-likeness (QED) is 0.821. The van der Waals surface area contributed by atoms with E-state index in [-0.39, 0.29) is 12.0 Å². The average molecular weight is 246 g/mol. The summed E-state index contributed by atoms with van der Waals surface area (Å²) in [4.78, 5) is 9.10. The first-order valence-corrected chi connectivity index (χ1v) is 5.30.